The molecule has 1 aliphatic carbocycles. The van der Waals surface area contributed by atoms with Crippen molar-refractivity contribution in [3.63, 3.8) is 0 Å². The highest BCUT2D eigenvalue weighted by molar-refractivity contribution is 5.71. The van der Waals surface area contributed by atoms with E-state index in [1.54, 1.807) is 9.80 Å². The van der Waals surface area contributed by atoms with Crippen molar-refractivity contribution >= 4 is 18.2 Å². The smallest absolute Gasteiger partial charge is 0.412 e. The summed E-state index contributed by atoms with van der Waals surface area (Å²) in [5.74, 6) is -0.674. The van der Waals surface area contributed by atoms with Crippen molar-refractivity contribution in [2.45, 2.75) is 117 Å². The van der Waals surface area contributed by atoms with Crippen LogP contribution in [-0.2, 0) is 19.0 Å². The fourth-order valence-electron chi connectivity index (χ4n) is 4.53. The number of ether oxygens (including phenoxy) is 3. The maximum atomic E-state index is 13.2. The average Bonchev–Trinajstić information content (AvgIpc) is 2.91. The normalized spacial score (nSPS) is 25.5. The Bertz CT molecular complexity index is 715. The van der Waals surface area contributed by atoms with E-state index in [9.17, 15) is 14.4 Å². The number of amides is 2. The Kier molecular flexibility index (Phi) is 8.31. The molecule has 190 valence electrons. The Morgan fingerprint density at radius 2 is 1.55 bits per heavy atom. The highest BCUT2D eigenvalue weighted by Gasteiger charge is 2.47. The molecule has 0 aromatic rings. The Morgan fingerprint density at radius 3 is 2.03 bits per heavy atom. The van der Waals surface area contributed by atoms with E-state index in [2.05, 4.69) is 0 Å². The van der Waals surface area contributed by atoms with Gasteiger partial charge >= 0.3 is 18.2 Å². The summed E-state index contributed by atoms with van der Waals surface area (Å²) in [6.07, 6.45) is 2.09. The first kappa shape index (κ1) is 27.2. The topological polar surface area (TPSA) is 106 Å². The van der Waals surface area contributed by atoms with Crippen LogP contribution in [0.5, 0.6) is 0 Å². The number of carbonyl (C=O) groups is 3. The number of aliphatic carboxylic acids is 1. The first-order valence-corrected chi connectivity index (χ1v) is 11.9. The minimum Gasteiger partial charge on any atom is -0.481 e. The van der Waals surface area contributed by atoms with Gasteiger partial charge in [-0.3, -0.25) is 9.69 Å². The van der Waals surface area contributed by atoms with E-state index >= 15 is 0 Å². The molecule has 0 bridgehead atoms. The summed E-state index contributed by atoms with van der Waals surface area (Å²) in [6.45, 7) is 15.1. The molecule has 2 aliphatic rings. The Labute approximate surface area is 197 Å². The molecule has 33 heavy (non-hydrogen) atoms. The molecule has 2 rings (SSSR count). The fraction of sp³-hybridized carbons (Fsp3) is 0.875. The molecule has 0 radical (unpaired) electrons. The van der Waals surface area contributed by atoms with Crippen molar-refractivity contribution in [2.75, 3.05) is 13.2 Å². The highest BCUT2D eigenvalue weighted by atomic mass is 16.6. The number of hydrogen-bond donors (Lipinski definition) is 1. The Balaban J connectivity index is 2.21. The molecule has 1 aliphatic heterocycles. The molecule has 0 aromatic carbocycles. The van der Waals surface area contributed by atoms with Crippen molar-refractivity contribution in [1.82, 2.24) is 9.80 Å². The molecular weight excluding hydrogens is 428 g/mol. The third-order valence-electron chi connectivity index (χ3n) is 5.92. The van der Waals surface area contributed by atoms with Crippen molar-refractivity contribution in [3.05, 3.63) is 0 Å². The second kappa shape index (κ2) is 10.1. The van der Waals surface area contributed by atoms with Gasteiger partial charge in [0.15, 0.2) is 0 Å². The van der Waals surface area contributed by atoms with Crippen LogP contribution in [0.2, 0.25) is 0 Å². The van der Waals surface area contributed by atoms with Gasteiger partial charge in [0.25, 0.3) is 0 Å². The summed E-state index contributed by atoms with van der Waals surface area (Å²) in [5.41, 5.74) is -2.19. The van der Waals surface area contributed by atoms with E-state index < -0.39 is 35.1 Å². The van der Waals surface area contributed by atoms with Crippen molar-refractivity contribution in [1.29, 1.82) is 0 Å². The van der Waals surface area contributed by atoms with E-state index in [4.69, 9.17) is 19.3 Å². The molecule has 2 fully saturated rings. The standard InChI is InChI=1S/C24H42N2O7/c1-22(2,3)32-20(29)25(17-11-9-16(10-12-17)13-19(27)28)14-18-15-31-24(7,8)26(18)21(30)33-23(4,5)6/h16-18H,9-15H2,1-8H3,(H,27,28). The zero-order chi connectivity index (χ0) is 25.2. The molecule has 1 saturated heterocycles. The van der Waals surface area contributed by atoms with Crippen LogP contribution < -0.4 is 0 Å². The largest absolute Gasteiger partial charge is 0.481 e. The third-order valence-corrected chi connectivity index (χ3v) is 5.92. The second-order valence-electron chi connectivity index (χ2n) is 11.7. The van der Waals surface area contributed by atoms with Crippen molar-refractivity contribution in [3.8, 4) is 0 Å². The monoisotopic (exact) mass is 470 g/mol. The van der Waals surface area contributed by atoms with E-state index in [1.165, 1.54) is 0 Å². The predicted octanol–water partition coefficient (Wildman–Crippen LogP) is 4.63. The maximum absolute atomic E-state index is 13.2. The van der Waals surface area contributed by atoms with Gasteiger partial charge in [-0.1, -0.05) is 0 Å². The van der Waals surface area contributed by atoms with Crippen LogP contribution in [0.1, 0.15) is 87.5 Å². The van der Waals surface area contributed by atoms with E-state index in [0.29, 0.717) is 12.8 Å². The van der Waals surface area contributed by atoms with Gasteiger partial charge < -0.3 is 24.2 Å². The molecular formula is C24H42N2O7. The van der Waals surface area contributed by atoms with E-state index in [1.807, 2.05) is 55.4 Å². The summed E-state index contributed by atoms with van der Waals surface area (Å²) in [7, 11) is 0. The van der Waals surface area contributed by atoms with Crippen LogP contribution in [-0.4, -0.2) is 75.2 Å². The number of carbonyl (C=O) groups excluding carboxylic acids is 2. The average molecular weight is 471 g/mol. The van der Waals surface area contributed by atoms with Gasteiger partial charge in [0.2, 0.25) is 0 Å². The molecule has 1 unspecified atom stereocenters. The summed E-state index contributed by atoms with van der Waals surface area (Å²) < 4.78 is 17.2. The summed E-state index contributed by atoms with van der Waals surface area (Å²) in [6, 6.07) is -0.479. The van der Waals surface area contributed by atoms with Gasteiger partial charge in [-0.25, -0.2) is 9.59 Å². The lowest BCUT2D eigenvalue weighted by atomic mass is 9.83. The first-order valence-electron chi connectivity index (χ1n) is 11.9. The Morgan fingerprint density at radius 1 is 1.00 bits per heavy atom. The van der Waals surface area contributed by atoms with Crippen LogP contribution in [0.4, 0.5) is 9.59 Å². The van der Waals surface area contributed by atoms with Crippen LogP contribution >= 0.6 is 0 Å². The number of nitrogens with zero attached hydrogens (tertiary/aromatic N) is 2. The zero-order valence-electron chi connectivity index (χ0n) is 21.5. The second-order valence-corrected chi connectivity index (χ2v) is 11.7. The van der Waals surface area contributed by atoms with Crippen molar-refractivity contribution < 1.29 is 33.7 Å². The number of rotatable bonds is 5. The van der Waals surface area contributed by atoms with Gasteiger partial charge in [-0.15, -0.1) is 0 Å². The molecule has 1 N–H and O–H groups in total. The number of carboxylic acids is 1. The van der Waals surface area contributed by atoms with Crippen LogP contribution in [0.25, 0.3) is 0 Å². The zero-order valence-corrected chi connectivity index (χ0v) is 21.5. The minimum absolute atomic E-state index is 0.0888. The van der Waals surface area contributed by atoms with E-state index in [0.717, 1.165) is 12.8 Å². The lowest BCUT2D eigenvalue weighted by Crippen LogP contribution is -2.55. The van der Waals surface area contributed by atoms with Crippen LogP contribution in [0.15, 0.2) is 0 Å². The summed E-state index contributed by atoms with van der Waals surface area (Å²) >= 11 is 0. The van der Waals surface area contributed by atoms with Crippen molar-refractivity contribution in [2.24, 2.45) is 5.92 Å². The van der Waals surface area contributed by atoms with Gasteiger partial charge in [0, 0.05) is 19.0 Å². The van der Waals surface area contributed by atoms with E-state index in [-0.39, 0.29) is 37.6 Å². The molecule has 9 nitrogen and oxygen atoms in total. The maximum Gasteiger partial charge on any atom is 0.412 e. The molecule has 1 saturated carbocycles. The predicted molar refractivity (Wildman–Crippen MR) is 123 cm³/mol. The van der Waals surface area contributed by atoms with Crippen LogP contribution in [0, 0.1) is 5.92 Å². The van der Waals surface area contributed by atoms with Gasteiger partial charge in [0.1, 0.15) is 16.9 Å². The molecule has 0 spiro atoms. The number of hydrogen-bond acceptors (Lipinski definition) is 6. The summed E-state index contributed by atoms with van der Waals surface area (Å²) in [4.78, 5) is 40.6. The Hall–Kier alpha value is -2.03. The van der Waals surface area contributed by atoms with Gasteiger partial charge in [-0.2, -0.15) is 0 Å². The molecule has 1 heterocycles. The molecule has 0 aromatic heterocycles. The SMILES string of the molecule is CC(C)(C)OC(=O)N(CC1COC(C)(C)N1C(=O)OC(C)(C)C)C1CCC(CC(=O)O)CC1. The molecule has 9 heteroatoms. The highest BCUT2D eigenvalue weighted by Crippen LogP contribution is 2.34. The minimum atomic E-state index is -0.869. The molecule has 2 amide bonds. The van der Waals surface area contributed by atoms with Gasteiger partial charge in [0.05, 0.1) is 12.6 Å². The summed E-state index contributed by atoms with van der Waals surface area (Å²) in [5, 5.41) is 9.11. The van der Waals surface area contributed by atoms with Gasteiger partial charge in [-0.05, 0) is 87.0 Å². The molecule has 1 atom stereocenters. The lowest BCUT2D eigenvalue weighted by molar-refractivity contribution is -0.138. The number of carboxylic acid groups (broad SMARTS) is 1. The quantitative estimate of drug-likeness (QED) is 0.624. The van der Waals surface area contributed by atoms with Crippen LogP contribution in [0.3, 0.4) is 0 Å². The lowest BCUT2D eigenvalue weighted by Gasteiger charge is -2.41. The fourth-order valence-corrected chi connectivity index (χ4v) is 4.53. The first-order chi connectivity index (χ1) is 15.0. The third kappa shape index (κ3) is 8.05.